The van der Waals surface area contributed by atoms with Gasteiger partial charge < -0.3 is 10.6 Å². The number of carbonyl (C=O) groups excluding carboxylic acids is 1. The minimum Gasteiger partial charge on any atom is -0.352 e. The van der Waals surface area contributed by atoms with Gasteiger partial charge >= 0.3 is 0 Å². The second-order valence-corrected chi connectivity index (χ2v) is 5.10. The van der Waals surface area contributed by atoms with Crippen LogP contribution in [0.1, 0.15) is 59.8 Å². The van der Waals surface area contributed by atoms with Gasteiger partial charge in [0.15, 0.2) is 0 Å². The Morgan fingerprint density at radius 1 is 1.25 bits per heavy atom. The van der Waals surface area contributed by atoms with Crippen LogP contribution >= 0.6 is 0 Å². The lowest BCUT2D eigenvalue weighted by atomic mass is 10.0. The molecule has 2 N–H and O–H groups in total. The number of unbranched alkanes of at least 4 members (excludes halogenated alkanes) is 3. The molecule has 96 valence electrons. The molecule has 0 rings (SSSR count). The topological polar surface area (TPSA) is 41.1 Å². The van der Waals surface area contributed by atoms with E-state index in [4.69, 9.17) is 0 Å². The van der Waals surface area contributed by atoms with Gasteiger partial charge in [-0.2, -0.15) is 0 Å². The molecule has 0 bridgehead atoms. The van der Waals surface area contributed by atoms with Crippen LogP contribution in [0.15, 0.2) is 0 Å². The van der Waals surface area contributed by atoms with E-state index in [1.165, 1.54) is 25.7 Å². The van der Waals surface area contributed by atoms with E-state index in [1.807, 2.05) is 20.9 Å². The van der Waals surface area contributed by atoms with Gasteiger partial charge in [-0.3, -0.25) is 4.79 Å². The smallest absolute Gasteiger partial charge is 0.239 e. The molecule has 0 aliphatic carbocycles. The predicted octanol–water partition coefficient (Wildman–Crippen LogP) is 2.46. The van der Waals surface area contributed by atoms with E-state index in [9.17, 15) is 4.79 Å². The fraction of sp³-hybridized carbons (Fsp3) is 0.923. The van der Waals surface area contributed by atoms with Crippen LogP contribution in [0, 0.1) is 0 Å². The molecule has 0 aromatic rings. The Bertz CT molecular complexity index is 202. The summed E-state index contributed by atoms with van der Waals surface area (Å²) in [5.41, 5.74) is -0.475. The zero-order valence-corrected chi connectivity index (χ0v) is 11.5. The van der Waals surface area contributed by atoms with Crippen LogP contribution in [0.3, 0.4) is 0 Å². The molecule has 3 heteroatoms. The standard InChI is InChI=1S/C13H28N2O/c1-6-7-8-9-10-11(2)15-12(16)13(3,4)14-5/h11,14H,6-10H2,1-5H3,(H,15,16). The SMILES string of the molecule is CCCCCCC(C)NC(=O)C(C)(C)NC. The molecule has 0 fully saturated rings. The van der Waals surface area contributed by atoms with Crippen LogP contribution in [0.4, 0.5) is 0 Å². The van der Waals surface area contributed by atoms with Gasteiger partial charge in [-0.05, 0) is 34.2 Å². The first-order valence-electron chi connectivity index (χ1n) is 6.44. The summed E-state index contributed by atoms with van der Waals surface area (Å²) in [6, 6.07) is 0.275. The van der Waals surface area contributed by atoms with Gasteiger partial charge in [-0.1, -0.05) is 32.6 Å². The molecule has 0 aromatic heterocycles. The highest BCUT2D eigenvalue weighted by Crippen LogP contribution is 2.07. The third kappa shape index (κ3) is 6.11. The molecule has 1 amide bonds. The molecule has 0 radical (unpaired) electrons. The van der Waals surface area contributed by atoms with Crippen molar-refractivity contribution in [3.05, 3.63) is 0 Å². The Morgan fingerprint density at radius 3 is 2.38 bits per heavy atom. The summed E-state index contributed by atoms with van der Waals surface area (Å²) in [5.74, 6) is 0.0815. The van der Waals surface area contributed by atoms with Crippen molar-refractivity contribution >= 4 is 5.91 Å². The summed E-state index contributed by atoms with van der Waals surface area (Å²) in [5, 5.41) is 6.06. The van der Waals surface area contributed by atoms with Crippen LogP contribution in [-0.4, -0.2) is 24.5 Å². The van der Waals surface area contributed by atoms with Crippen molar-refractivity contribution in [2.75, 3.05) is 7.05 Å². The lowest BCUT2D eigenvalue weighted by Gasteiger charge is -2.25. The van der Waals surface area contributed by atoms with Crippen molar-refractivity contribution in [1.82, 2.24) is 10.6 Å². The minimum absolute atomic E-state index is 0.0815. The van der Waals surface area contributed by atoms with E-state index in [1.54, 1.807) is 0 Å². The summed E-state index contributed by atoms with van der Waals surface area (Å²) in [4.78, 5) is 11.8. The van der Waals surface area contributed by atoms with Gasteiger partial charge in [0.1, 0.15) is 0 Å². The zero-order valence-electron chi connectivity index (χ0n) is 11.5. The largest absolute Gasteiger partial charge is 0.352 e. The lowest BCUT2D eigenvalue weighted by molar-refractivity contribution is -0.126. The van der Waals surface area contributed by atoms with Gasteiger partial charge in [-0.25, -0.2) is 0 Å². The summed E-state index contributed by atoms with van der Waals surface area (Å²) in [6.07, 6.45) is 6.10. The summed E-state index contributed by atoms with van der Waals surface area (Å²) >= 11 is 0. The van der Waals surface area contributed by atoms with Gasteiger partial charge in [-0.15, -0.1) is 0 Å². The number of hydrogen-bond acceptors (Lipinski definition) is 2. The fourth-order valence-electron chi connectivity index (χ4n) is 1.47. The Morgan fingerprint density at radius 2 is 1.88 bits per heavy atom. The molecule has 0 saturated carbocycles. The van der Waals surface area contributed by atoms with Crippen molar-refractivity contribution in [2.24, 2.45) is 0 Å². The quantitative estimate of drug-likeness (QED) is 0.627. The summed E-state index contributed by atoms with van der Waals surface area (Å²) in [7, 11) is 1.81. The normalized spacial score (nSPS) is 13.6. The molecular weight excluding hydrogens is 200 g/mol. The molecule has 1 atom stereocenters. The van der Waals surface area contributed by atoms with Crippen LogP contribution in [-0.2, 0) is 4.79 Å². The molecule has 0 heterocycles. The first-order valence-corrected chi connectivity index (χ1v) is 6.44. The zero-order chi connectivity index (χ0) is 12.6. The Hall–Kier alpha value is -0.570. The molecule has 0 aliphatic heterocycles. The van der Waals surface area contributed by atoms with E-state index < -0.39 is 5.54 Å². The van der Waals surface area contributed by atoms with Crippen molar-refractivity contribution in [1.29, 1.82) is 0 Å². The van der Waals surface area contributed by atoms with Gasteiger partial charge in [0, 0.05) is 6.04 Å². The van der Waals surface area contributed by atoms with E-state index in [0.717, 1.165) is 6.42 Å². The lowest BCUT2D eigenvalue weighted by Crippen LogP contribution is -2.53. The highest BCUT2D eigenvalue weighted by atomic mass is 16.2. The van der Waals surface area contributed by atoms with Gasteiger partial charge in [0.25, 0.3) is 0 Å². The first kappa shape index (κ1) is 15.4. The monoisotopic (exact) mass is 228 g/mol. The van der Waals surface area contributed by atoms with Crippen molar-refractivity contribution < 1.29 is 4.79 Å². The Labute approximate surface area is 100 Å². The summed E-state index contributed by atoms with van der Waals surface area (Å²) < 4.78 is 0. The van der Waals surface area contributed by atoms with Gasteiger partial charge in [0.2, 0.25) is 5.91 Å². The number of rotatable bonds is 8. The molecular formula is C13H28N2O. The van der Waals surface area contributed by atoms with E-state index in [0.29, 0.717) is 0 Å². The van der Waals surface area contributed by atoms with Gasteiger partial charge in [0.05, 0.1) is 5.54 Å². The molecule has 0 spiro atoms. The second-order valence-electron chi connectivity index (χ2n) is 5.10. The minimum atomic E-state index is -0.475. The average Bonchev–Trinajstić information content (AvgIpc) is 2.24. The number of amides is 1. The highest BCUT2D eigenvalue weighted by Gasteiger charge is 2.25. The second kappa shape index (κ2) is 7.66. The maximum atomic E-state index is 11.8. The maximum Gasteiger partial charge on any atom is 0.239 e. The third-order valence-electron chi connectivity index (χ3n) is 3.06. The van der Waals surface area contributed by atoms with Crippen LogP contribution < -0.4 is 10.6 Å². The van der Waals surface area contributed by atoms with Crippen LogP contribution in [0.2, 0.25) is 0 Å². The molecule has 0 aliphatic rings. The van der Waals surface area contributed by atoms with Crippen molar-refractivity contribution in [3.63, 3.8) is 0 Å². The molecule has 1 unspecified atom stereocenters. The third-order valence-corrected chi connectivity index (χ3v) is 3.06. The van der Waals surface area contributed by atoms with Crippen molar-refractivity contribution in [3.8, 4) is 0 Å². The fourth-order valence-corrected chi connectivity index (χ4v) is 1.47. The molecule has 0 aromatic carbocycles. The Balaban J connectivity index is 3.78. The molecule has 0 saturated heterocycles. The number of likely N-dealkylation sites (N-methyl/N-ethyl adjacent to an activating group) is 1. The van der Waals surface area contributed by atoms with E-state index >= 15 is 0 Å². The van der Waals surface area contributed by atoms with Crippen molar-refractivity contribution in [2.45, 2.75) is 71.4 Å². The maximum absolute atomic E-state index is 11.8. The van der Waals surface area contributed by atoms with Crippen LogP contribution in [0.5, 0.6) is 0 Å². The number of hydrogen-bond donors (Lipinski definition) is 2. The van der Waals surface area contributed by atoms with E-state index in [-0.39, 0.29) is 11.9 Å². The van der Waals surface area contributed by atoms with Crippen LogP contribution in [0.25, 0.3) is 0 Å². The predicted molar refractivity (Wildman–Crippen MR) is 69.5 cm³/mol. The molecule has 3 nitrogen and oxygen atoms in total. The summed E-state index contributed by atoms with van der Waals surface area (Å²) in [6.45, 7) is 8.08. The Kier molecular flexibility index (Phi) is 7.39. The number of carbonyl (C=O) groups is 1. The molecule has 16 heavy (non-hydrogen) atoms. The highest BCUT2D eigenvalue weighted by molar-refractivity contribution is 5.85. The average molecular weight is 228 g/mol. The first-order chi connectivity index (χ1) is 7.44. The van der Waals surface area contributed by atoms with E-state index in [2.05, 4.69) is 24.5 Å². The number of nitrogens with one attached hydrogen (secondary N) is 2.